The quantitative estimate of drug-likeness (QED) is 0.823. The zero-order valence-electron chi connectivity index (χ0n) is 9.11. The Bertz CT molecular complexity index is 522. The van der Waals surface area contributed by atoms with E-state index in [-0.39, 0.29) is 5.69 Å². The molecular weight excluding hydrogens is 225 g/mol. The summed E-state index contributed by atoms with van der Waals surface area (Å²) in [4.78, 5) is 15.2. The predicted octanol–water partition coefficient (Wildman–Crippen LogP) is 1.79. The van der Waals surface area contributed by atoms with Gasteiger partial charge < -0.3 is 4.74 Å². The number of hydrogen-bond donors (Lipinski definition) is 1. The second-order valence-corrected chi connectivity index (χ2v) is 3.25. The minimum atomic E-state index is -0.478. The fourth-order valence-corrected chi connectivity index (χ4v) is 1.29. The van der Waals surface area contributed by atoms with E-state index in [1.165, 1.54) is 18.2 Å². The van der Waals surface area contributed by atoms with Gasteiger partial charge in [-0.05, 0) is 19.1 Å². The SMILES string of the molecule is CCOC(=O)c1cc(-c2ccc(F)cn2)n[nH]1. The molecule has 0 bridgehead atoms. The minimum absolute atomic E-state index is 0.243. The van der Waals surface area contributed by atoms with Crippen molar-refractivity contribution >= 4 is 5.97 Å². The van der Waals surface area contributed by atoms with Gasteiger partial charge in [0, 0.05) is 6.07 Å². The first-order chi connectivity index (χ1) is 8.20. The minimum Gasteiger partial charge on any atom is -0.461 e. The van der Waals surface area contributed by atoms with Crippen LogP contribution in [0.4, 0.5) is 4.39 Å². The molecule has 0 aromatic carbocycles. The van der Waals surface area contributed by atoms with Crippen molar-refractivity contribution in [2.24, 2.45) is 0 Å². The highest BCUT2D eigenvalue weighted by molar-refractivity contribution is 5.88. The third-order valence-corrected chi connectivity index (χ3v) is 2.06. The lowest BCUT2D eigenvalue weighted by Crippen LogP contribution is -2.04. The summed E-state index contributed by atoms with van der Waals surface area (Å²) in [7, 11) is 0. The average Bonchev–Trinajstić information content (AvgIpc) is 2.80. The van der Waals surface area contributed by atoms with Gasteiger partial charge in [-0.3, -0.25) is 10.1 Å². The molecule has 2 heterocycles. The molecule has 5 nitrogen and oxygen atoms in total. The second-order valence-electron chi connectivity index (χ2n) is 3.25. The van der Waals surface area contributed by atoms with E-state index in [9.17, 15) is 9.18 Å². The maximum Gasteiger partial charge on any atom is 0.356 e. The van der Waals surface area contributed by atoms with Crippen LogP contribution < -0.4 is 0 Å². The van der Waals surface area contributed by atoms with E-state index in [2.05, 4.69) is 15.2 Å². The zero-order valence-corrected chi connectivity index (χ0v) is 9.11. The zero-order chi connectivity index (χ0) is 12.3. The summed E-state index contributed by atoms with van der Waals surface area (Å²) in [6.07, 6.45) is 1.09. The number of carbonyl (C=O) groups is 1. The van der Waals surface area contributed by atoms with Gasteiger partial charge in [-0.25, -0.2) is 9.18 Å². The fraction of sp³-hybridized carbons (Fsp3) is 0.182. The van der Waals surface area contributed by atoms with E-state index in [0.717, 1.165) is 6.20 Å². The number of aromatic nitrogens is 3. The molecule has 17 heavy (non-hydrogen) atoms. The van der Waals surface area contributed by atoms with E-state index < -0.39 is 11.8 Å². The number of rotatable bonds is 3. The molecule has 0 spiro atoms. The standard InChI is InChI=1S/C11H10FN3O2/c1-2-17-11(16)10-5-9(14-15-10)8-4-3-7(12)6-13-8/h3-6H,2H2,1H3,(H,14,15). The number of aromatic amines is 1. The van der Waals surface area contributed by atoms with Crippen LogP contribution in [0.3, 0.4) is 0 Å². The predicted molar refractivity (Wildman–Crippen MR) is 57.7 cm³/mol. The maximum atomic E-state index is 12.7. The van der Waals surface area contributed by atoms with E-state index >= 15 is 0 Å². The summed E-state index contributed by atoms with van der Waals surface area (Å²) < 4.78 is 17.5. The Morgan fingerprint density at radius 3 is 2.94 bits per heavy atom. The Balaban J connectivity index is 2.23. The van der Waals surface area contributed by atoms with Crippen molar-refractivity contribution in [1.29, 1.82) is 0 Å². The molecule has 1 N–H and O–H groups in total. The van der Waals surface area contributed by atoms with E-state index in [1.807, 2.05) is 0 Å². The van der Waals surface area contributed by atoms with Gasteiger partial charge in [0.15, 0.2) is 0 Å². The van der Waals surface area contributed by atoms with Gasteiger partial charge in [-0.1, -0.05) is 0 Å². The van der Waals surface area contributed by atoms with Crippen molar-refractivity contribution in [2.75, 3.05) is 6.61 Å². The van der Waals surface area contributed by atoms with Crippen LogP contribution in [-0.4, -0.2) is 27.8 Å². The molecular formula is C11H10FN3O2. The fourth-order valence-electron chi connectivity index (χ4n) is 1.29. The molecule has 0 saturated carbocycles. The summed E-state index contributed by atoms with van der Waals surface area (Å²) in [5.74, 6) is -0.900. The number of halogens is 1. The van der Waals surface area contributed by atoms with Crippen LogP contribution in [-0.2, 0) is 4.74 Å². The van der Waals surface area contributed by atoms with Crippen LogP contribution in [0.15, 0.2) is 24.4 Å². The molecule has 2 rings (SSSR count). The number of H-pyrrole nitrogens is 1. The smallest absolute Gasteiger partial charge is 0.356 e. The van der Waals surface area contributed by atoms with Gasteiger partial charge in [0.25, 0.3) is 0 Å². The summed E-state index contributed by atoms with van der Waals surface area (Å²) in [6.45, 7) is 2.01. The van der Waals surface area contributed by atoms with Crippen molar-refractivity contribution in [3.8, 4) is 11.4 Å². The van der Waals surface area contributed by atoms with Crippen LogP contribution >= 0.6 is 0 Å². The van der Waals surface area contributed by atoms with Crippen molar-refractivity contribution in [1.82, 2.24) is 15.2 Å². The number of ether oxygens (including phenoxy) is 1. The molecule has 2 aromatic heterocycles. The lowest BCUT2D eigenvalue weighted by molar-refractivity contribution is 0.0519. The lowest BCUT2D eigenvalue weighted by atomic mass is 10.2. The normalized spacial score (nSPS) is 10.2. The molecule has 6 heteroatoms. The van der Waals surface area contributed by atoms with Gasteiger partial charge in [0.1, 0.15) is 17.2 Å². The molecule has 0 aliphatic heterocycles. The first-order valence-corrected chi connectivity index (χ1v) is 5.05. The lowest BCUT2D eigenvalue weighted by Gasteiger charge is -1.96. The van der Waals surface area contributed by atoms with Crippen molar-refractivity contribution in [3.05, 3.63) is 35.9 Å². The summed E-state index contributed by atoms with van der Waals surface area (Å²) in [5, 5.41) is 6.45. The number of nitrogens with one attached hydrogen (secondary N) is 1. The Morgan fingerprint density at radius 2 is 2.29 bits per heavy atom. The molecule has 0 unspecified atom stereocenters. The number of nitrogens with zero attached hydrogens (tertiary/aromatic N) is 2. The van der Waals surface area contributed by atoms with Gasteiger partial charge in [-0.15, -0.1) is 0 Å². The Hall–Kier alpha value is -2.24. The van der Waals surface area contributed by atoms with E-state index in [1.54, 1.807) is 6.92 Å². The Labute approximate surface area is 96.6 Å². The number of esters is 1. The van der Waals surface area contributed by atoms with Crippen LogP contribution in [0.5, 0.6) is 0 Å². The highest BCUT2D eigenvalue weighted by atomic mass is 19.1. The summed E-state index contributed by atoms with van der Waals surface area (Å²) in [5.41, 5.74) is 1.19. The molecule has 0 aliphatic rings. The van der Waals surface area contributed by atoms with E-state index in [0.29, 0.717) is 18.0 Å². The van der Waals surface area contributed by atoms with Crippen LogP contribution in [0.2, 0.25) is 0 Å². The molecule has 0 radical (unpaired) electrons. The average molecular weight is 235 g/mol. The molecule has 88 valence electrons. The second kappa shape index (κ2) is 4.73. The van der Waals surface area contributed by atoms with Gasteiger partial charge in [0.05, 0.1) is 18.5 Å². The third-order valence-electron chi connectivity index (χ3n) is 2.06. The third kappa shape index (κ3) is 2.47. The van der Waals surface area contributed by atoms with Crippen molar-refractivity contribution in [3.63, 3.8) is 0 Å². The summed E-state index contributed by atoms with van der Waals surface area (Å²) >= 11 is 0. The maximum absolute atomic E-state index is 12.7. The van der Waals surface area contributed by atoms with Crippen molar-refractivity contribution < 1.29 is 13.9 Å². The highest BCUT2D eigenvalue weighted by Gasteiger charge is 2.12. The molecule has 0 fully saturated rings. The number of pyridine rings is 1. The highest BCUT2D eigenvalue weighted by Crippen LogP contribution is 2.15. The number of hydrogen-bond acceptors (Lipinski definition) is 4. The molecule has 0 amide bonds. The molecule has 0 atom stereocenters. The van der Waals surface area contributed by atoms with Crippen molar-refractivity contribution in [2.45, 2.75) is 6.92 Å². The van der Waals surface area contributed by atoms with Gasteiger partial charge >= 0.3 is 5.97 Å². The van der Waals surface area contributed by atoms with E-state index in [4.69, 9.17) is 4.74 Å². The van der Waals surface area contributed by atoms with Crippen LogP contribution in [0, 0.1) is 5.82 Å². The molecule has 2 aromatic rings. The largest absolute Gasteiger partial charge is 0.461 e. The van der Waals surface area contributed by atoms with Gasteiger partial charge in [-0.2, -0.15) is 5.10 Å². The van der Waals surface area contributed by atoms with Gasteiger partial charge in [0.2, 0.25) is 0 Å². The summed E-state index contributed by atoms with van der Waals surface area (Å²) in [6, 6.07) is 4.28. The first kappa shape index (κ1) is 11.3. The Morgan fingerprint density at radius 1 is 1.47 bits per heavy atom. The monoisotopic (exact) mass is 235 g/mol. The van der Waals surface area contributed by atoms with Crippen LogP contribution in [0.1, 0.15) is 17.4 Å². The Kier molecular flexibility index (Phi) is 3.13. The molecule has 0 saturated heterocycles. The topological polar surface area (TPSA) is 67.9 Å². The van der Waals surface area contributed by atoms with Crippen LogP contribution in [0.25, 0.3) is 11.4 Å². The molecule has 0 aliphatic carbocycles. The number of carbonyl (C=O) groups excluding carboxylic acids is 1. The first-order valence-electron chi connectivity index (χ1n) is 5.05.